The summed E-state index contributed by atoms with van der Waals surface area (Å²) in [7, 11) is 3.85. The molecule has 0 radical (unpaired) electrons. The second kappa shape index (κ2) is 5.67. The third-order valence-corrected chi connectivity index (χ3v) is 3.80. The number of aryl methyl sites for hydroxylation is 2. The van der Waals surface area contributed by atoms with E-state index in [2.05, 4.69) is 18.1 Å². The molecule has 0 spiro atoms. The standard InChI is InChI=1S/C17H19N3O2/c1-4-12-5-6-14-13(10-17(21)22-15(14)9-12)11-19(2)16-7-8-20(3)18-16/h5-10H,4,11H2,1-3H3. The van der Waals surface area contributed by atoms with E-state index >= 15 is 0 Å². The summed E-state index contributed by atoms with van der Waals surface area (Å²) < 4.78 is 7.10. The molecule has 0 saturated carbocycles. The van der Waals surface area contributed by atoms with E-state index in [0.717, 1.165) is 28.8 Å². The minimum Gasteiger partial charge on any atom is -0.423 e. The number of benzene rings is 1. The van der Waals surface area contributed by atoms with Crippen molar-refractivity contribution in [3.63, 3.8) is 0 Å². The van der Waals surface area contributed by atoms with Crippen molar-refractivity contribution in [2.24, 2.45) is 7.05 Å². The van der Waals surface area contributed by atoms with Crippen molar-refractivity contribution in [2.75, 3.05) is 11.9 Å². The molecule has 1 aromatic carbocycles. The highest BCUT2D eigenvalue weighted by Gasteiger charge is 2.10. The summed E-state index contributed by atoms with van der Waals surface area (Å²) >= 11 is 0. The highest BCUT2D eigenvalue weighted by Crippen LogP contribution is 2.21. The van der Waals surface area contributed by atoms with Gasteiger partial charge in [-0.05, 0) is 23.6 Å². The molecule has 0 aliphatic rings. The van der Waals surface area contributed by atoms with E-state index in [9.17, 15) is 4.79 Å². The topological polar surface area (TPSA) is 51.3 Å². The van der Waals surface area contributed by atoms with Gasteiger partial charge in [0.05, 0.1) is 0 Å². The van der Waals surface area contributed by atoms with E-state index in [0.29, 0.717) is 12.1 Å². The van der Waals surface area contributed by atoms with Gasteiger partial charge in [0, 0.05) is 44.4 Å². The van der Waals surface area contributed by atoms with E-state index in [1.807, 2.05) is 43.4 Å². The Morgan fingerprint density at radius 3 is 2.77 bits per heavy atom. The van der Waals surface area contributed by atoms with Crippen molar-refractivity contribution in [1.82, 2.24) is 9.78 Å². The molecular formula is C17H19N3O2. The lowest BCUT2D eigenvalue weighted by atomic mass is 10.1. The molecule has 0 unspecified atom stereocenters. The first kappa shape index (κ1) is 14.4. The summed E-state index contributed by atoms with van der Waals surface area (Å²) in [5.74, 6) is 0.870. The van der Waals surface area contributed by atoms with E-state index in [1.54, 1.807) is 10.7 Å². The van der Waals surface area contributed by atoms with Gasteiger partial charge in [-0.3, -0.25) is 4.68 Å². The Morgan fingerprint density at radius 1 is 1.27 bits per heavy atom. The maximum absolute atomic E-state index is 11.8. The smallest absolute Gasteiger partial charge is 0.336 e. The summed E-state index contributed by atoms with van der Waals surface area (Å²) in [6.45, 7) is 2.68. The Labute approximate surface area is 128 Å². The minimum absolute atomic E-state index is 0.315. The van der Waals surface area contributed by atoms with Crippen LogP contribution in [0.2, 0.25) is 0 Å². The molecule has 0 bridgehead atoms. The number of fused-ring (bicyclic) bond motifs is 1. The van der Waals surface area contributed by atoms with Gasteiger partial charge in [0.15, 0.2) is 5.82 Å². The lowest BCUT2D eigenvalue weighted by Crippen LogP contribution is -2.18. The minimum atomic E-state index is -0.315. The van der Waals surface area contributed by atoms with Crippen LogP contribution in [0.5, 0.6) is 0 Å². The molecule has 0 saturated heterocycles. The second-order valence-corrected chi connectivity index (χ2v) is 5.48. The third-order valence-electron chi connectivity index (χ3n) is 3.80. The van der Waals surface area contributed by atoms with E-state index < -0.39 is 0 Å². The summed E-state index contributed by atoms with van der Waals surface area (Å²) in [4.78, 5) is 13.8. The van der Waals surface area contributed by atoms with E-state index in [4.69, 9.17) is 4.42 Å². The SMILES string of the molecule is CCc1ccc2c(CN(C)c3ccn(C)n3)cc(=O)oc2c1. The molecule has 0 N–H and O–H groups in total. The first-order chi connectivity index (χ1) is 10.6. The number of hydrogen-bond acceptors (Lipinski definition) is 4. The zero-order valence-electron chi connectivity index (χ0n) is 13.0. The van der Waals surface area contributed by atoms with Gasteiger partial charge < -0.3 is 9.32 Å². The maximum atomic E-state index is 11.8. The molecule has 0 atom stereocenters. The van der Waals surface area contributed by atoms with Gasteiger partial charge in [-0.15, -0.1) is 0 Å². The van der Waals surface area contributed by atoms with Crippen molar-refractivity contribution in [1.29, 1.82) is 0 Å². The van der Waals surface area contributed by atoms with Crippen LogP contribution in [0.25, 0.3) is 11.0 Å². The molecule has 3 aromatic rings. The molecule has 0 aliphatic heterocycles. The average molecular weight is 297 g/mol. The fourth-order valence-electron chi connectivity index (χ4n) is 2.57. The normalized spacial score (nSPS) is 11.0. The Bertz CT molecular complexity index is 864. The largest absolute Gasteiger partial charge is 0.423 e. The number of rotatable bonds is 4. The first-order valence-corrected chi connectivity index (χ1v) is 7.33. The lowest BCUT2D eigenvalue weighted by molar-refractivity contribution is 0.558. The van der Waals surface area contributed by atoms with E-state index in [-0.39, 0.29) is 5.63 Å². The van der Waals surface area contributed by atoms with Crippen molar-refractivity contribution < 1.29 is 4.42 Å². The van der Waals surface area contributed by atoms with Crippen LogP contribution in [0.4, 0.5) is 5.82 Å². The molecule has 22 heavy (non-hydrogen) atoms. The molecule has 0 aliphatic carbocycles. The molecule has 2 heterocycles. The van der Waals surface area contributed by atoms with Gasteiger partial charge in [-0.1, -0.05) is 19.1 Å². The number of aromatic nitrogens is 2. The number of anilines is 1. The maximum Gasteiger partial charge on any atom is 0.336 e. The molecular weight excluding hydrogens is 278 g/mol. The van der Waals surface area contributed by atoms with Crippen LogP contribution in [0.15, 0.2) is 45.7 Å². The number of nitrogens with zero attached hydrogens (tertiary/aromatic N) is 3. The van der Waals surface area contributed by atoms with Gasteiger partial charge in [0.25, 0.3) is 0 Å². The fourth-order valence-corrected chi connectivity index (χ4v) is 2.57. The van der Waals surface area contributed by atoms with Crippen molar-refractivity contribution in [3.05, 3.63) is 58.1 Å². The van der Waals surface area contributed by atoms with Gasteiger partial charge in [0.2, 0.25) is 0 Å². The Balaban J connectivity index is 2.01. The zero-order chi connectivity index (χ0) is 15.7. The summed E-state index contributed by atoms with van der Waals surface area (Å²) in [5.41, 5.74) is 2.44. The molecule has 3 rings (SSSR count). The molecule has 5 nitrogen and oxygen atoms in total. The van der Waals surface area contributed by atoms with Crippen molar-refractivity contribution in [2.45, 2.75) is 19.9 Å². The van der Waals surface area contributed by atoms with E-state index in [1.165, 1.54) is 0 Å². The van der Waals surface area contributed by atoms with Gasteiger partial charge in [-0.25, -0.2) is 4.79 Å². The molecule has 114 valence electrons. The van der Waals surface area contributed by atoms with Crippen molar-refractivity contribution in [3.8, 4) is 0 Å². The zero-order valence-corrected chi connectivity index (χ0v) is 13.0. The molecule has 0 fully saturated rings. The molecule has 5 heteroatoms. The van der Waals surface area contributed by atoms with Crippen LogP contribution in [-0.2, 0) is 20.0 Å². The average Bonchev–Trinajstić information content (AvgIpc) is 2.93. The molecule has 0 amide bonds. The summed E-state index contributed by atoms with van der Waals surface area (Å²) in [6.07, 6.45) is 2.81. The Hall–Kier alpha value is -2.56. The van der Waals surface area contributed by atoms with Gasteiger partial charge in [0.1, 0.15) is 5.58 Å². The third kappa shape index (κ3) is 2.74. The summed E-state index contributed by atoms with van der Waals surface area (Å²) in [6, 6.07) is 9.56. The monoisotopic (exact) mass is 297 g/mol. The predicted octanol–water partition coefficient (Wildman–Crippen LogP) is 2.73. The Kier molecular flexibility index (Phi) is 3.71. The second-order valence-electron chi connectivity index (χ2n) is 5.48. The summed E-state index contributed by atoms with van der Waals surface area (Å²) in [5, 5.41) is 5.35. The van der Waals surface area contributed by atoms with Crippen molar-refractivity contribution >= 4 is 16.8 Å². The lowest BCUT2D eigenvalue weighted by Gasteiger charge is -2.17. The highest BCUT2D eigenvalue weighted by atomic mass is 16.4. The quantitative estimate of drug-likeness (QED) is 0.695. The van der Waals surface area contributed by atoms with Gasteiger partial charge in [-0.2, -0.15) is 5.10 Å². The first-order valence-electron chi connectivity index (χ1n) is 7.33. The molecule has 2 aromatic heterocycles. The van der Waals surface area contributed by atoms with Crippen LogP contribution in [-0.4, -0.2) is 16.8 Å². The predicted molar refractivity (Wildman–Crippen MR) is 87.2 cm³/mol. The van der Waals surface area contributed by atoms with Crippen LogP contribution in [0.3, 0.4) is 0 Å². The van der Waals surface area contributed by atoms with Crippen LogP contribution in [0.1, 0.15) is 18.1 Å². The van der Waals surface area contributed by atoms with Crippen LogP contribution < -0.4 is 10.5 Å². The van der Waals surface area contributed by atoms with Crippen LogP contribution >= 0.6 is 0 Å². The Morgan fingerprint density at radius 2 is 2.09 bits per heavy atom. The fraction of sp³-hybridized carbons (Fsp3) is 0.294. The highest BCUT2D eigenvalue weighted by molar-refractivity contribution is 5.81. The number of hydrogen-bond donors (Lipinski definition) is 0. The van der Waals surface area contributed by atoms with Crippen LogP contribution in [0, 0.1) is 0 Å². The van der Waals surface area contributed by atoms with Gasteiger partial charge >= 0.3 is 5.63 Å².